The minimum Gasteiger partial charge on any atom is -0.458 e. The van der Waals surface area contributed by atoms with E-state index in [0.29, 0.717) is 11.3 Å². The van der Waals surface area contributed by atoms with E-state index in [4.69, 9.17) is 4.74 Å². The summed E-state index contributed by atoms with van der Waals surface area (Å²) in [6.07, 6.45) is 1.51. The number of pyridine rings is 2. The van der Waals surface area contributed by atoms with Gasteiger partial charge < -0.3 is 9.30 Å². The van der Waals surface area contributed by atoms with Gasteiger partial charge in [0.1, 0.15) is 18.8 Å². The number of hydrogen-bond donors (Lipinski definition) is 0. The maximum Gasteiger partial charge on any atom is 0.326 e. The molecule has 0 bridgehead atoms. The van der Waals surface area contributed by atoms with Gasteiger partial charge in [0.25, 0.3) is 11.1 Å². The van der Waals surface area contributed by atoms with Crippen LogP contribution in [0.1, 0.15) is 11.4 Å². The maximum absolute atomic E-state index is 12.1. The molecule has 0 amide bonds. The molecule has 0 unspecified atom stereocenters. The number of hydrogen-bond acceptors (Lipinski definition) is 5. The maximum atomic E-state index is 12.1. The van der Waals surface area contributed by atoms with Crippen LogP contribution in [0, 0.1) is 6.92 Å². The van der Waals surface area contributed by atoms with Crippen molar-refractivity contribution in [2.45, 2.75) is 20.1 Å². The molecule has 3 rings (SSSR count). The van der Waals surface area contributed by atoms with Crippen LogP contribution in [0.2, 0.25) is 0 Å². The van der Waals surface area contributed by atoms with Gasteiger partial charge >= 0.3 is 5.97 Å². The fourth-order valence-electron chi connectivity index (χ4n) is 2.37. The molecule has 0 saturated heterocycles. The number of ether oxygens (including phenoxy) is 1. The van der Waals surface area contributed by atoms with Gasteiger partial charge in [-0.1, -0.05) is 12.1 Å². The van der Waals surface area contributed by atoms with Crippen molar-refractivity contribution in [1.29, 1.82) is 0 Å². The van der Waals surface area contributed by atoms with E-state index < -0.39 is 5.97 Å². The van der Waals surface area contributed by atoms with E-state index in [9.17, 15) is 14.4 Å². The second-order valence-corrected chi connectivity index (χ2v) is 5.27. The highest BCUT2D eigenvalue weighted by Crippen LogP contribution is 2.04. The number of fused-ring (bicyclic) bond motifs is 1. The summed E-state index contributed by atoms with van der Waals surface area (Å²) in [4.78, 5) is 39.8. The number of aryl methyl sites for hydroxylation is 1. The van der Waals surface area contributed by atoms with Gasteiger partial charge in [0.15, 0.2) is 0 Å². The zero-order valence-electron chi connectivity index (χ0n) is 13.0. The Kier molecular flexibility index (Phi) is 4.24. The number of carbonyl (C=O) groups is 1. The summed E-state index contributed by atoms with van der Waals surface area (Å²) < 4.78 is 7.84. The van der Waals surface area contributed by atoms with Crippen LogP contribution in [0.3, 0.4) is 0 Å². The first kappa shape index (κ1) is 15.7. The van der Waals surface area contributed by atoms with E-state index in [1.807, 2.05) is 13.0 Å². The molecule has 0 aliphatic rings. The third-order valence-electron chi connectivity index (χ3n) is 3.51. The second-order valence-electron chi connectivity index (χ2n) is 5.27. The molecule has 0 fully saturated rings. The van der Waals surface area contributed by atoms with Crippen molar-refractivity contribution >= 4 is 11.6 Å². The standard InChI is InChI=1S/C17H15N3O4/c1-12-5-4-6-14-18-13(9-16(22)20(12)14)11-24-17(23)10-19-8-3-2-7-15(19)21/h2-9H,10-11H2,1H3. The first-order valence-corrected chi connectivity index (χ1v) is 7.34. The number of esters is 1. The Hall–Kier alpha value is -3.22. The van der Waals surface area contributed by atoms with Gasteiger partial charge in [-0.15, -0.1) is 0 Å². The molecular weight excluding hydrogens is 310 g/mol. The molecule has 7 heteroatoms. The molecule has 0 aliphatic heterocycles. The topological polar surface area (TPSA) is 82.7 Å². The van der Waals surface area contributed by atoms with Gasteiger partial charge in [-0.05, 0) is 25.1 Å². The molecule has 0 saturated carbocycles. The molecule has 0 aromatic carbocycles. The lowest BCUT2D eigenvalue weighted by atomic mass is 10.3. The quantitative estimate of drug-likeness (QED) is 0.666. The minimum atomic E-state index is -0.574. The van der Waals surface area contributed by atoms with Crippen LogP contribution < -0.4 is 11.1 Å². The van der Waals surface area contributed by atoms with E-state index in [-0.39, 0.29) is 24.3 Å². The molecule has 3 aromatic rings. The summed E-state index contributed by atoms with van der Waals surface area (Å²) >= 11 is 0. The van der Waals surface area contributed by atoms with Crippen molar-refractivity contribution in [3.63, 3.8) is 0 Å². The van der Waals surface area contributed by atoms with Gasteiger partial charge in [0.05, 0.1) is 5.69 Å². The third kappa shape index (κ3) is 3.24. The Morgan fingerprint density at radius 3 is 2.75 bits per heavy atom. The summed E-state index contributed by atoms with van der Waals surface area (Å²) in [6.45, 7) is 1.50. The van der Waals surface area contributed by atoms with Crippen molar-refractivity contribution in [2.75, 3.05) is 0 Å². The summed E-state index contributed by atoms with van der Waals surface area (Å²) in [5, 5.41) is 0. The Labute approximate surface area is 136 Å². The number of nitrogens with zero attached hydrogens (tertiary/aromatic N) is 3. The zero-order valence-corrected chi connectivity index (χ0v) is 13.0. The minimum absolute atomic E-state index is 0.125. The van der Waals surface area contributed by atoms with Crippen LogP contribution in [0.4, 0.5) is 0 Å². The summed E-state index contributed by atoms with van der Waals surface area (Å²) in [6, 6.07) is 11.3. The molecule has 3 aromatic heterocycles. The van der Waals surface area contributed by atoms with Crippen LogP contribution in [0.15, 0.2) is 58.3 Å². The Morgan fingerprint density at radius 2 is 1.96 bits per heavy atom. The average molecular weight is 325 g/mol. The van der Waals surface area contributed by atoms with Gasteiger partial charge in [-0.25, -0.2) is 4.98 Å². The lowest BCUT2D eigenvalue weighted by Crippen LogP contribution is -2.24. The molecule has 0 aliphatic carbocycles. The van der Waals surface area contributed by atoms with E-state index in [1.165, 1.54) is 27.3 Å². The lowest BCUT2D eigenvalue weighted by molar-refractivity contribution is -0.145. The molecule has 24 heavy (non-hydrogen) atoms. The molecule has 122 valence electrons. The predicted molar refractivity (Wildman–Crippen MR) is 86.7 cm³/mol. The Bertz CT molecular complexity index is 1020. The van der Waals surface area contributed by atoms with Gasteiger partial charge in [0, 0.05) is 24.0 Å². The van der Waals surface area contributed by atoms with Crippen molar-refractivity contribution in [1.82, 2.24) is 14.0 Å². The van der Waals surface area contributed by atoms with Crippen LogP contribution in [0.5, 0.6) is 0 Å². The Morgan fingerprint density at radius 1 is 1.12 bits per heavy atom. The van der Waals surface area contributed by atoms with E-state index in [2.05, 4.69) is 4.98 Å². The fraction of sp³-hybridized carbons (Fsp3) is 0.176. The molecule has 0 radical (unpaired) electrons. The predicted octanol–water partition coefficient (Wildman–Crippen LogP) is 0.908. The number of aromatic nitrogens is 3. The summed E-state index contributed by atoms with van der Waals surface area (Å²) in [7, 11) is 0. The molecule has 7 nitrogen and oxygen atoms in total. The molecule has 0 N–H and O–H groups in total. The van der Waals surface area contributed by atoms with Crippen LogP contribution in [-0.2, 0) is 22.7 Å². The van der Waals surface area contributed by atoms with Crippen LogP contribution in [0.25, 0.3) is 5.65 Å². The third-order valence-corrected chi connectivity index (χ3v) is 3.51. The van der Waals surface area contributed by atoms with E-state index in [0.717, 1.165) is 5.69 Å². The van der Waals surface area contributed by atoms with Gasteiger partial charge in [-0.2, -0.15) is 0 Å². The van der Waals surface area contributed by atoms with Crippen molar-refractivity contribution in [2.24, 2.45) is 0 Å². The first-order chi connectivity index (χ1) is 11.5. The smallest absolute Gasteiger partial charge is 0.326 e. The molecule has 3 heterocycles. The van der Waals surface area contributed by atoms with Gasteiger partial charge in [-0.3, -0.25) is 18.8 Å². The van der Waals surface area contributed by atoms with E-state index >= 15 is 0 Å². The molecular formula is C17H15N3O4. The summed E-state index contributed by atoms with van der Waals surface area (Å²) in [5.74, 6) is -0.574. The largest absolute Gasteiger partial charge is 0.458 e. The monoisotopic (exact) mass is 325 g/mol. The van der Waals surface area contributed by atoms with Crippen LogP contribution in [-0.4, -0.2) is 19.9 Å². The molecule has 0 atom stereocenters. The average Bonchev–Trinajstić information content (AvgIpc) is 2.55. The zero-order chi connectivity index (χ0) is 17.1. The van der Waals surface area contributed by atoms with Crippen molar-refractivity contribution in [3.8, 4) is 0 Å². The van der Waals surface area contributed by atoms with Crippen molar-refractivity contribution in [3.05, 3.63) is 80.8 Å². The van der Waals surface area contributed by atoms with E-state index in [1.54, 1.807) is 24.3 Å². The highest BCUT2D eigenvalue weighted by atomic mass is 16.5. The number of rotatable bonds is 4. The molecule has 0 spiro atoms. The first-order valence-electron chi connectivity index (χ1n) is 7.34. The SMILES string of the molecule is Cc1cccc2nc(COC(=O)Cn3ccccc3=O)cc(=O)n12. The fourth-order valence-corrected chi connectivity index (χ4v) is 2.37. The van der Waals surface area contributed by atoms with Crippen LogP contribution >= 0.6 is 0 Å². The second kappa shape index (κ2) is 6.49. The summed E-state index contributed by atoms with van der Waals surface area (Å²) in [5.41, 5.74) is 1.11. The Balaban J connectivity index is 1.74. The highest BCUT2D eigenvalue weighted by molar-refractivity contribution is 5.69. The van der Waals surface area contributed by atoms with Crippen molar-refractivity contribution < 1.29 is 9.53 Å². The normalized spacial score (nSPS) is 10.7. The number of carbonyl (C=O) groups excluding carboxylic acids is 1. The van der Waals surface area contributed by atoms with Gasteiger partial charge in [0.2, 0.25) is 0 Å². The lowest BCUT2D eigenvalue weighted by Gasteiger charge is -2.08. The highest BCUT2D eigenvalue weighted by Gasteiger charge is 2.09.